The zero-order chi connectivity index (χ0) is 19.8. The molecule has 2 heterocycles. The van der Waals surface area contributed by atoms with E-state index in [-0.39, 0.29) is 11.8 Å². The van der Waals surface area contributed by atoms with E-state index in [9.17, 15) is 4.79 Å². The molecule has 0 atom stereocenters. The highest BCUT2D eigenvalue weighted by Gasteiger charge is 2.26. The Morgan fingerprint density at radius 2 is 1.93 bits per heavy atom. The van der Waals surface area contributed by atoms with Crippen LogP contribution in [0.4, 0.5) is 11.4 Å². The molecule has 6 heteroatoms. The first-order valence-corrected chi connectivity index (χ1v) is 12.5. The summed E-state index contributed by atoms with van der Waals surface area (Å²) in [7, 11) is 2.12. The predicted molar refractivity (Wildman–Crippen MR) is 124 cm³/mol. The molecule has 1 aromatic rings. The number of aromatic nitrogens is 1. The monoisotopic (exact) mass is 499 g/mol. The molecule has 1 aliphatic carbocycles. The molecule has 28 heavy (non-hydrogen) atoms. The Balaban J connectivity index is 1.75. The van der Waals surface area contributed by atoms with Crippen molar-refractivity contribution in [2.45, 2.75) is 70.6 Å². The van der Waals surface area contributed by atoms with Crippen LogP contribution in [0.25, 0.3) is 0 Å². The third kappa shape index (κ3) is 5.74. The number of hydrogen-bond acceptors (Lipinski definition) is 4. The van der Waals surface area contributed by atoms with Crippen molar-refractivity contribution in [3.8, 4) is 5.88 Å². The fourth-order valence-electron chi connectivity index (χ4n) is 4.34. The summed E-state index contributed by atoms with van der Waals surface area (Å²) >= 11 is 2.43. The molecule has 0 spiro atoms. The van der Waals surface area contributed by atoms with Crippen molar-refractivity contribution in [2.24, 2.45) is 5.92 Å². The molecule has 156 valence electrons. The van der Waals surface area contributed by atoms with Gasteiger partial charge in [0.25, 0.3) is 0 Å². The van der Waals surface area contributed by atoms with Crippen molar-refractivity contribution in [1.82, 2.24) is 4.98 Å². The van der Waals surface area contributed by atoms with Crippen LogP contribution in [0.2, 0.25) is 0 Å². The first kappa shape index (κ1) is 21.7. The number of anilines is 2. The average molecular weight is 499 g/mol. The summed E-state index contributed by atoms with van der Waals surface area (Å²) in [6.07, 6.45) is 14.5. The lowest BCUT2D eigenvalue weighted by Crippen LogP contribution is -2.26. The average Bonchev–Trinajstić information content (AvgIpc) is 3.20. The maximum atomic E-state index is 13.1. The highest BCUT2D eigenvalue weighted by molar-refractivity contribution is 14.1. The van der Waals surface area contributed by atoms with Gasteiger partial charge in [-0.1, -0.05) is 61.1 Å². The Kier molecular flexibility index (Phi) is 8.67. The number of carbonyl (C=O) groups excluding carboxylic acids is 1. The van der Waals surface area contributed by atoms with Gasteiger partial charge in [0, 0.05) is 31.5 Å². The van der Waals surface area contributed by atoms with Gasteiger partial charge in [-0.05, 0) is 30.1 Å². The Morgan fingerprint density at radius 3 is 2.64 bits per heavy atom. The molecular formula is C22H34IN3O2. The van der Waals surface area contributed by atoms with Crippen molar-refractivity contribution < 1.29 is 9.53 Å². The molecule has 1 aliphatic heterocycles. The van der Waals surface area contributed by atoms with Gasteiger partial charge < -0.3 is 15.0 Å². The second-order valence-electron chi connectivity index (χ2n) is 8.11. The van der Waals surface area contributed by atoms with Crippen LogP contribution >= 0.6 is 22.6 Å². The number of alkyl halides is 1. The van der Waals surface area contributed by atoms with Crippen LogP contribution < -0.4 is 15.0 Å². The molecule has 0 unspecified atom stereocenters. The number of nitrogens with one attached hydrogen (secondary N) is 1. The zero-order valence-electron chi connectivity index (χ0n) is 17.1. The molecule has 0 saturated heterocycles. The fourth-order valence-corrected chi connectivity index (χ4v) is 4.88. The number of pyridine rings is 1. The maximum absolute atomic E-state index is 13.1. The summed E-state index contributed by atoms with van der Waals surface area (Å²) in [6, 6.07) is 0. The van der Waals surface area contributed by atoms with Gasteiger partial charge in [0.1, 0.15) is 0 Å². The molecular weight excluding hydrogens is 465 g/mol. The van der Waals surface area contributed by atoms with Gasteiger partial charge >= 0.3 is 0 Å². The Bertz CT molecular complexity index is 643. The summed E-state index contributed by atoms with van der Waals surface area (Å²) in [4.78, 5) is 19.8. The molecule has 5 nitrogen and oxygen atoms in total. The van der Waals surface area contributed by atoms with Crippen LogP contribution in [0.15, 0.2) is 6.20 Å². The highest BCUT2D eigenvalue weighted by atomic mass is 127. The minimum Gasteiger partial charge on any atom is -0.477 e. The van der Waals surface area contributed by atoms with Gasteiger partial charge in [0.05, 0.1) is 24.2 Å². The Hall–Kier alpha value is -1.05. The topological polar surface area (TPSA) is 54.5 Å². The van der Waals surface area contributed by atoms with E-state index in [2.05, 4.69) is 44.8 Å². The van der Waals surface area contributed by atoms with Crippen molar-refractivity contribution >= 4 is 39.9 Å². The molecule has 0 radical (unpaired) electrons. The molecule has 0 aromatic carbocycles. The van der Waals surface area contributed by atoms with Crippen LogP contribution in [-0.4, -0.2) is 35.5 Å². The van der Waals surface area contributed by atoms with Crippen LogP contribution in [0.1, 0.15) is 69.8 Å². The van der Waals surface area contributed by atoms with Gasteiger partial charge in [0.2, 0.25) is 11.8 Å². The molecule has 1 amide bonds. The van der Waals surface area contributed by atoms with Crippen LogP contribution in [-0.2, 0) is 11.2 Å². The first-order valence-electron chi connectivity index (χ1n) is 10.9. The van der Waals surface area contributed by atoms with Crippen LogP contribution in [0.5, 0.6) is 5.88 Å². The zero-order valence-corrected chi connectivity index (χ0v) is 19.3. The van der Waals surface area contributed by atoms with E-state index in [0.717, 1.165) is 67.9 Å². The number of fused-ring (bicyclic) bond motifs is 1. The summed E-state index contributed by atoms with van der Waals surface area (Å²) < 4.78 is 6.86. The summed E-state index contributed by atoms with van der Waals surface area (Å²) in [6.45, 7) is 1.66. The second kappa shape index (κ2) is 11.2. The lowest BCUT2D eigenvalue weighted by molar-refractivity contribution is -0.120. The standard InChI is InChI=1S/C22H34IN3O2/c1-26(14-9-8-13-23)20-18-12-15-28-22(18)24-16-19(20)25-21(27)17-10-6-4-2-3-5-7-11-17/h16-17H,2-15H2,1H3,(H,25,27). The molecule has 1 N–H and O–H groups in total. The van der Waals surface area contributed by atoms with Gasteiger partial charge in [-0.2, -0.15) is 0 Å². The first-order chi connectivity index (χ1) is 13.7. The van der Waals surface area contributed by atoms with Gasteiger partial charge in [-0.15, -0.1) is 0 Å². The lowest BCUT2D eigenvalue weighted by atomic mass is 9.96. The molecule has 1 fully saturated rings. The number of amides is 1. The molecule has 3 rings (SSSR count). The van der Waals surface area contributed by atoms with E-state index in [1.165, 1.54) is 36.5 Å². The minimum atomic E-state index is 0.125. The van der Waals surface area contributed by atoms with Crippen molar-refractivity contribution in [1.29, 1.82) is 0 Å². The van der Waals surface area contributed by atoms with E-state index in [1.54, 1.807) is 6.20 Å². The number of carbonyl (C=O) groups is 1. The Morgan fingerprint density at radius 1 is 1.21 bits per heavy atom. The van der Waals surface area contributed by atoms with Gasteiger partial charge in [0.15, 0.2) is 0 Å². The molecule has 0 bridgehead atoms. The highest BCUT2D eigenvalue weighted by Crippen LogP contribution is 2.38. The normalized spacial score (nSPS) is 17.8. The van der Waals surface area contributed by atoms with Gasteiger partial charge in [-0.25, -0.2) is 4.98 Å². The quantitative estimate of drug-likeness (QED) is 0.312. The van der Waals surface area contributed by atoms with Crippen molar-refractivity contribution in [3.63, 3.8) is 0 Å². The van der Waals surface area contributed by atoms with E-state index in [0.29, 0.717) is 6.61 Å². The molecule has 1 saturated carbocycles. The SMILES string of the molecule is CN(CCCCI)c1c(NC(=O)C2CCCCCCCC2)cnc2c1CCO2. The number of rotatable bonds is 7. The Labute approximate surface area is 183 Å². The third-order valence-electron chi connectivity index (χ3n) is 5.94. The number of hydrogen-bond donors (Lipinski definition) is 1. The van der Waals surface area contributed by atoms with Crippen LogP contribution in [0, 0.1) is 5.92 Å². The number of unbranched alkanes of at least 4 members (excludes halogenated alkanes) is 1. The maximum Gasteiger partial charge on any atom is 0.227 e. The van der Waals surface area contributed by atoms with Gasteiger partial charge in [-0.3, -0.25) is 4.79 Å². The lowest BCUT2D eigenvalue weighted by Gasteiger charge is -2.25. The minimum absolute atomic E-state index is 0.125. The van der Waals surface area contributed by atoms with E-state index >= 15 is 0 Å². The smallest absolute Gasteiger partial charge is 0.227 e. The van der Waals surface area contributed by atoms with E-state index in [4.69, 9.17) is 4.74 Å². The molecule has 1 aromatic heterocycles. The summed E-state index contributed by atoms with van der Waals surface area (Å²) in [5, 5.41) is 3.25. The number of nitrogens with zero attached hydrogens (tertiary/aromatic N) is 2. The molecule has 2 aliphatic rings. The summed E-state index contributed by atoms with van der Waals surface area (Å²) in [5.41, 5.74) is 3.10. The largest absolute Gasteiger partial charge is 0.477 e. The number of halogens is 1. The summed E-state index contributed by atoms with van der Waals surface area (Å²) in [5.74, 6) is 1.03. The van der Waals surface area contributed by atoms with Crippen LogP contribution in [0.3, 0.4) is 0 Å². The second-order valence-corrected chi connectivity index (χ2v) is 9.18. The van der Waals surface area contributed by atoms with E-state index in [1.807, 2.05) is 0 Å². The predicted octanol–water partition coefficient (Wildman–Crippen LogP) is 5.36. The third-order valence-corrected chi connectivity index (χ3v) is 6.71. The number of ether oxygens (including phenoxy) is 1. The van der Waals surface area contributed by atoms with Crippen molar-refractivity contribution in [3.05, 3.63) is 11.8 Å². The fraction of sp³-hybridized carbons (Fsp3) is 0.727. The van der Waals surface area contributed by atoms with Crippen molar-refractivity contribution in [2.75, 3.05) is 34.8 Å². The van der Waals surface area contributed by atoms with E-state index < -0.39 is 0 Å².